The van der Waals surface area contributed by atoms with Crippen LogP contribution in [0.1, 0.15) is 49.5 Å². The first-order valence-corrected chi connectivity index (χ1v) is 9.56. The number of rotatable bonds is 5. The number of hydrogen-bond acceptors (Lipinski definition) is 4. The molecule has 114 valence electrons. The highest BCUT2D eigenvalue weighted by Gasteiger charge is 2.30. The van der Waals surface area contributed by atoms with Crippen LogP contribution in [0.15, 0.2) is 10.3 Å². The fraction of sp³-hybridized carbons (Fsp3) is 0.714. The lowest BCUT2D eigenvalue weighted by Crippen LogP contribution is -2.42. The molecule has 1 heterocycles. The Morgan fingerprint density at radius 2 is 2.10 bits per heavy atom. The van der Waals surface area contributed by atoms with E-state index >= 15 is 0 Å². The SMILES string of the molecule is CCC1CCCCC1NS(=O)(=O)c1c(C)csc1CO. The van der Waals surface area contributed by atoms with Crippen LogP contribution < -0.4 is 4.72 Å². The van der Waals surface area contributed by atoms with Crippen molar-refractivity contribution < 1.29 is 13.5 Å². The lowest BCUT2D eigenvalue weighted by molar-refractivity contribution is 0.278. The van der Waals surface area contributed by atoms with Crippen molar-refractivity contribution in [2.24, 2.45) is 5.92 Å². The van der Waals surface area contributed by atoms with Crippen molar-refractivity contribution >= 4 is 21.4 Å². The number of nitrogens with one attached hydrogen (secondary N) is 1. The van der Waals surface area contributed by atoms with E-state index in [9.17, 15) is 13.5 Å². The van der Waals surface area contributed by atoms with Crippen LogP contribution in [0.4, 0.5) is 0 Å². The van der Waals surface area contributed by atoms with Gasteiger partial charge in [0.15, 0.2) is 0 Å². The molecule has 1 aromatic rings. The molecule has 1 aliphatic rings. The highest BCUT2D eigenvalue weighted by Crippen LogP contribution is 2.31. The third kappa shape index (κ3) is 3.24. The Labute approximate surface area is 125 Å². The van der Waals surface area contributed by atoms with Crippen LogP contribution in [-0.2, 0) is 16.6 Å². The van der Waals surface area contributed by atoms with Crippen LogP contribution in [-0.4, -0.2) is 19.6 Å². The molecule has 0 aliphatic heterocycles. The maximum absolute atomic E-state index is 12.6. The Morgan fingerprint density at radius 1 is 1.40 bits per heavy atom. The predicted octanol–water partition coefficient (Wildman–Crippen LogP) is 2.80. The predicted molar refractivity (Wildman–Crippen MR) is 81.3 cm³/mol. The monoisotopic (exact) mass is 317 g/mol. The van der Waals surface area contributed by atoms with Gasteiger partial charge < -0.3 is 5.11 Å². The highest BCUT2D eigenvalue weighted by atomic mass is 32.2. The van der Waals surface area contributed by atoms with E-state index in [0.29, 0.717) is 10.8 Å². The first-order chi connectivity index (χ1) is 9.49. The Balaban J connectivity index is 2.24. The first kappa shape index (κ1) is 15.9. The van der Waals surface area contributed by atoms with E-state index in [-0.39, 0.29) is 17.5 Å². The number of aryl methyl sites for hydroxylation is 1. The normalized spacial score (nSPS) is 23.9. The van der Waals surface area contributed by atoms with Crippen molar-refractivity contribution in [1.82, 2.24) is 4.72 Å². The van der Waals surface area contributed by atoms with Crippen molar-refractivity contribution in [3.8, 4) is 0 Å². The average Bonchev–Trinajstić information content (AvgIpc) is 2.81. The van der Waals surface area contributed by atoms with Gasteiger partial charge in [-0.2, -0.15) is 0 Å². The zero-order valence-electron chi connectivity index (χ0n) is 12.1. The fourth-order valence-corrected chi connectivity index (χ4v) is 6.07. The summed E-state index contributed by atoms with van der Waals surface area (Å²) in [6.45, 7) is 3.67. The molecule has 0 saturated heterocycles. The molecule has 4 nitrogen and oxygen atoms in total. The summed E-state index contributed by atoms with van der Waals surface area (Å²) < 4.78 is 28.1. The summed E-state index contributed by atoms with van der Waals surface area (Å²) in [5, 5.41) is 11.1. The first-order valence-electron chi connectivity index (χ1n) is 7.19. The van der Waals surface area contributed by atoms with Crippen molar-refractivity contribution in [3.63, 3.8) is 0 Å². The van der Waals surface area contributed by atoms with Crippen molar-refractivity contribution in [3.05, 3.63) is 15.8 Å². The summed E-state index contributed by atoms with van der Waals surface area (Å²) in [6, 6.07) is 0.0320. The van der Waals surface area contributed by atoms with E-state index in [1.807, 2.05) is 0 Å². The van der Waals surface area contributed by atoms with Gasteiger partial charge in [-0.05, 0) is 36.6 Å². The van der Waals surface area contributed by atoms with Gasteiger partial charge in [0.2, 0.25) is 10.0 Å². The summed E-state index contributed by atoms with van der Waals surface area (Å²) >= 11 is 1.30. The Bertz CT molecular complexity index is 551. The quantitative estimate of drug-likeness (QED) is 0.877. The molecule has 6 heteroatoms. The maximum atomic E-state index is 12.6. The molecule has 2 N–H and O–H groups in total. The number of aliphatic hydroxyl groups is 1. The minimum absolute atomic E-state index is 0.0320. The van der Waals surface area contributed by atoms with Crippen molar-refractivity contribution in [1.29, 1.82) is 0 Å². The molecule has 0 aromatic carbocycles. The average molecular weight is 317 g/mol. The van der Waals surface area contributed by atoms with Crippen LogP contribution in [0.3, 0.4) is 0 Å². The largest absolute Gasteiger partial charge is 0.391 e. The minimum Gasteiger partial charge on any atom is -0.391 e. The lowest BCUT2D eigenvalue weighted by Gasteiger charge is -2.31. The summed E-state index contributed by atoms with van der Waals surface area (Å²) in [4.78, 5) is 0.810. The molecule has 2 unspecified atom stereocenters. The third-order valence-corrected chi connectivity index (χ3v) is 7.08. The van der Waals surface area contributed by atoms with Gasteiger partial charge in [-0.3, -0.25) is 0 Å². The highest BCUT2D eigenvalue weighted by molar-refractivity contribution is 7.89. The van der Waals surface area contributed by atoms with E-state index in [1.165, 1.54) is 17.8 Å². The summed E-state index contributed by atoms with van der Waals surface area (Å²) in [7, 11) is -3.53. The van der Waals surface area contributed by atoms with E-state index in [1.54, 1.807) is 12.3 Å². The maximum Gasteiger partial charge on any atom is 0.242 e. The molecule has 20 heavy (non-hydrogen) atoms. The van der Waals surface area contributed by atoms with E-state index in [0.717, 1.165) is 31.2 Å². The third-order valence-electron chi connectivity index (χ3n) is 4.14. The van der Waals surface area contributed by atoms with Gasteiger partial charge in [-0.25, -0.2) is 13.1 Å². The Hall–Kier alpha value is -0.430. The molecular formula is C14H23NO3S2. The summed E-state index contributed by atoms with van der Waals surface area (Å²) in [6.07, 6.45) is 5.28. The molecular weight excluding hydrogens is 294 g/mol. The number of aliphatic hydroxyl groups excluding tert-OH is 1. The lowest BCUT2D eigenvalue weighted by atomic mass is 9.83. The summed E-state index contributed by atoms with van der Waals surface area (Å²) in [5.74, 6) is 0.426. The molecule has 0 spiro atoms. The van der Waals surface area contributed by atoms with Crippen LogP contribution in [0.5, 0.6) is 0 Å². The minimum atomic E-state index is -3.53. The van der Waals surface area contributed by atoms with E-state index < -0.39 is 10.0 Å². The molecule has 1 saturated carbocycles. The summed E-state index contributed by atoms with van der Waals surface area (Å²) in [5.41, 5.74) is 0.718. The molecule has 2 atom stereocenters. The van der Waals surface area contributed by atoms with Gasteiger partial charge in [-0.1, -0.05) is 26.2 Å². The smallest absolute Gasteiger partial charge is 0.242 e. The van der Waals surface area contributed by atoms with Gasteiger partial charge >= 0.3 is 0 Å². The van der Waals surface area contributed by atoms with Crippen molar-refractivity contribution in [2.45, 2.75) is 63.5 Å². The zero-order valence-corrected chi connectivity index (χ0v) is 13.7. The van der Waals surface area contributed by atoms with Crippen LogP contribution in [0, 0.1) is 12.8 Å². The zero-order chi connectivity index (χ0) is 14.8. The van der Waals surface area contributed by atoms with Crippen molar-refractivity contribution in [2.75, 3.05) is 0 Å². The van der Waals surface area contributed by atoms with Gasteiger partial charge in [0.05, 0.1) is 11.5 Å². The molecule has 1 aliphatic carbocycles. The number of sulfonamides is 1. The van der Waals surface area contributed by atoms with Crippen LogP contribution in [0.25, 0.3) is 0 Å². The van der Waals surface area contributed by atoms with Crippen LogP contribution >= 0.6 is 11.3 Å². The standard InChI is InChI=1S/C14H23NO3S2/c1-3-11-6-4-5-7-12(11)15-20(17,18)14-10(2)9-19-13(14)8-16/h9,11-12,15-16H,3-8H2,1-2H3. The Morgan fingerprint density at radius 3 is 2.75 bits per heavy atom. The Kier molecular flexibility index (Phi) is 5.23. The van der Waals surface area contributed by atoms with E-state index in [4.69, 9.17) is 0 Å². The number of thiophene rings is 1. The van der Waals surface area contributed by atoms with Crippen LogP contribution in [0.2, 0.25) is 0 Å². The van der Waals surface area contributed by atoms with Gasteiger partial charge in [-0.15, -0.1) is 11.3 Å². The van der Waals surface area contributed by atoms with Gasteiger partial charge in [0.25, 0.3) is 0 Å². The second-order valence-electron chi connectivity index (χ2n) is 5.51. The fourth-order valence-electron chi connectivity index (χ4n) is 3.07. The molecule has 0 amide bonds. The second kappa shape index (κ2) is 6.56. The molecule has 1 aromatic heterocycles. The molecule has 0 bridgehead atoms. The number of hydrogen-bond donors (Lipinski definition) is 2. The topological polar surface area (TPSA) is 66.4 Å². The van der Waals surface area contributed by atoms with Gasteiger partial charge in [0.1, 0.15) is 4.90 Å². The van der Waals surface area contributed by atoms with E-state index in [2.05, 4.69) is 11.6 Å². The molecule has 1 fully saturated rings. The molecule has 2 rings (SSSR count). The second-order valence-corrected chi connectivity index (χ2v) is 8.12. The molecule has 0 radical (unpaired) electrons. The van der Waals surface area contributed by atoms with Gasteiger partial charge in [0, 0.05) is 6.04 Å².